The molecular formula is C14H13ClN4O. The Morgan fingerprint density at radius 3 is 2.85 bits per heavy atom. The summed E-state index contributed by atoms with van der Waals surface area (Å²) in [7, 11) is 0. The van der Waals surface area contributed by atoms with Crippen molar-refractivity contribution in [3.63, 3.8) is 0 Å². The van der Waals surface area contributed by atoms with E-state index in [9.17, 15) is 4.79 Å². The Kier molecular flexibility index (Phi) is 3.28. The van der Waals surface area contributed by atoms with Crippen LogP contribution >= 0.6 is 11.6 Å². The highest BCUT2D eigenvalue weighted by molar-refractivity contribution is 6.17. The Labute approximate surface area is 120 Å². The molecule has 0 spiro atoms. The number of aryl methyl sites for hydroxylation is 1. The predicted octanol–water partition coefficient (Wildman–Crippen LogP) is 2.01. The van der Waals surface area contributed by atoms with Crippen LogP contribution in [0.2, 0.25) is 0 Å². The molecule has 0 saturated carbocycles. The molecule has 0 aliphatic heterocycles. The summed E-state index contributed by atoms with van der Waals surface area (Å²) in [4.78, 5) is 12.5. The number of hydrogen-bond donors (Lipinski definition) is 0. The lowest BCUT2D eigenvalue weighted by atomic mass is 10.2. The van der Waals surface area contributed by atoms with E-state index in [-0.39, 0.29) is 5.56 Å². The minimum Gasteiger partial charge on any atom is -0.272 e. The van der Waals surface area contributed by atoms with Gasteiger partial charge in [-0.1, -0.05) is 18.2 Å². The largest absolute Gasteiger partial charge is 0.272 e. The fraction of sp³-hybridized carbons (Fsp3) is 0.214. The van der Waals surface area contributed by atoms with Crippen molar-refractivity contribution in [2.75, 3.05) is 5.88 Å². The molecule has 0 bridgehead atoms. The van der Waals surface area contributed by atoms with Gasteiger partial charge in [-0.3, -0.25) is 13.8 Å². The van der Waals surface area contributed by atoms with Crippen molar-refractivity contribution in [1.29, 1.82) is 0 Å². The van der Waals surface area contributed by atoms with Crippen LogP contribution in [0, 0.1) is 0 Å². The van der Waals surface area contributed by atoms with Crippen LogP contribution in [0.5, 0.6) is 0 Å². The first-order valence-corrected chi connectivity index (χ1v) is 6.83. The fourth-order valence-electron chi connectivity index (χ4n) is 2.35. The maximum Gasteiger partial charge on any atom is 0.263 e. The maximum absolute atomic E-state index is 12.5. The molecule has 0 atom stereocenters. The average Bonchev–Trinajstić information content (AvgIpc) is 2.88. The van der Waals surface area contributed by atoms with Crippen LogP contribution < -0.4 is 5.56 Å². The Balaban J connectivity index is 2.51. The van der Waals surface area contributed by atoms with Crippen molar-refractivity contribution >= 4 is 28.3 Å². The van der Waals surface area contributed by atoms with Gasteiger partial charge in [0, 0.05) is 18.8 Å². The van der Waals surface area contributed by atoms with Crippen molar-refractivity contribution in [3.8, 4) is 0 Å². The number of alkyl halides is 1. The molecule has 3 aromatic rings. The Hall–Kier alpha value is -2.14. The van der Waals surface area contributed by atoms with Crippen LogP contribution in [-0.4, -0.2) is 25.0 Å². The van der Waals surface area contributed by atoms with E-state index >= 15 is 0 Å². The Morgan fingerprint density at radius 2 is 2.10 bits per heavy atom. The molecule has 5 nitrogen and oxygen atoms in total. The van der Waals surface area contributed by atoms with Gasteiger partial charge in [-0.15, -0.1) is 28.4 Å². The number of para-hydroxylation sites is 1. The third-order valence-corrected chi connectivity index (χ3v) is 3.39. The van der Waals surface area contributed by atoms with Crippen molar-refractivity contribution in [2.45, 2.75) is 13.0 Å². The molecule has 0 aliphatic rings. The molecular weight excluding hydrogens is 276 g/mol. The van der Waals surface area contributed by atoms with Gasteiger partial charge in [0.25, 0.3) is 5.56 Å². The van der Waals surface area contributed by atoms with E-state index in [4.69, 9.17) is 11.6 Å². The Bertz CT molecular complexity index is 849. The summed E-state index contributed by atoms with van der Waals surface area (Å²) in [6, 6.07) is 7.44. The zero-order chi connectivity index (χ0) is 14.1. The van der Waals surface area contributed by atoms with Crippen molar-refractivity contribution in [1.82, 2.24) is 19.2 Å². The van der Waals surface area contributed by atoms with Crippen LogP contribution in [-0.2, 0) is 13.0 Å². The highest BCUT2D eigenvalue weighted by Crippen LogP contribution is 2.15. The number of rotatable bonds is 4. The van der Waals surface area contributed by atoms with Crippen molar-refractivity contribution in [3.05, 3.63) is 53.1 Å². The quantitative estimate of drug-likeness (QED) is 0.545. The summed E-state index contributed by atoms with van der Waals surface area (Å²) in [6.07, 6.45) is 2.27. The van der Waals surface area contributed by atoms with Crippen LogP contribution in [0.1, 0.15) is 5.82 Å². The molecule has 0 N–H and O–H groups in total. The van der Waals surface area contributed by atoms with E-state index in [0.717, 1.165) is 11.3 Å². The number of hydrogen-bond acceptors (Lipinski definition) is 3. The van der Waals surface area contributed by atoms with E-state index in [1.165, 1.54) is 0 Å². The summed E-state index contributed by atoms with van der Waals surface area (Å²) in [5.74, 6) is 1.73. The highest BCUT2D eigenvalue weighted by Gasteiger charge is 2.14. The molecule has 0 aliphatic carbocycles. The van der Waals surface area contributed by atoms with Crippen LogP contribution in [0.4, 0.5) is 0 Å². The molecule has 0 radical (unpaired) electrons. The number of nitrogens with zero attached hydrogens (tertiary/aromatic N) is 4. The molecule has 102 valence electrons. The number of halogens is 1. The number of fused-ring (bicyclic) bond motifs is 3. The standard InChI is InChI=1S/C14H13ClN4O/c1-2-9-18-13(20)10-5-3-4-6-11(10)19-12(7-8-15)16-17-14(18)19/h2-6H,1,7-9H2. The van der Waals surface area contributed by atoms with E-state index in [2.05, 4.69) is 16.8 Å². The molecule has 2 aromatic heterocycles. The molecule has 6 heteroatoms. The molecule has 0 saturated heterocycles. The van der Waals surface area contributed by atoms with Crippen molar-refractivity contribution < 1.29 is 0 Å². The van der Waals surface area contributed by atoms with E-state index in [0.29, 0.717) is 30.0 Å². The molecule has 1 aromatic carbocycles. The zero-order valence-electron chi connectivity index (χ0n) is 10.8. The lowest BCUT2D eigenvalue weighted by Crippen LogP contribution is -2.23. The topological polar surface area (TPSA) is 52.2 Å². The zero-order valence-corrected chi connectivity index (χ0v) is 11.5. The van der Waals surface area contributed by atoms with Gasteiger partial charge in [0.05, 0.1) is 10.9 Å². The van der Waals surface area contributed by atoms with Gasteiger partial charge < -0.3 is 0 Å². The van der Waals surface area contributed by atoms with Crippen LogP contribution in [0.3, 0.4) is 0 Å². The molecule has 3 rings (SSSR count). The summed E-state index contributed by atoms with van der Waals surface area (Å²) >= 11 is 5.81. The van der Waals surface area contributed by atoms with Crippen LogP contribution in [0.25, 0.3) is 16.7 Å². The lowest BCUT2D eigenvalue weighted by molar-refractivity contribution is 0.784. The minimum absolute atomic E-state index is 0.0853. The summed E-state index contributed by atoms with van der Waals surface area (Å²) in [6.45, 7) is 4.08. The Morgan fingerprint density at radius 1 is 1.30 bits per heavy atom. The molecule has 0 fully saturated rings. The van der Waals surface area contributed by atoms with Gasteiger partial charge >= 0.3 is 0 Å². The smallest absolute Gasteiger partial charge is 0.263 e. The van der Waals surface area contributed by atoms with Gasteiger partial charge in [-0.05, 0) is 12.1 Å². The molecule has 20 heavy (non-hydrogen) atoms. The lowest BCUT2D eigenvalue weighted by Gasteiger charge is -2.09. The number of allylic oxidation sites excluding steroid dienone is 1. The van der Waals surface area contributed by atoms with Gasteiger partial charge in [-0.2, -0.15) is 0 Å². The first kappa shape index (κ1) is 12.9. The summed E-state index contributed by atoms with van der Waals surface area (Å²) in [5, 5.41) is 8.93. The second kappa shape index (κ2) is 5.09. The molecule has 2 heterocycles. The monoisotopic (exact) mass is 288 g/mol. The van der Waals surface area contributed by atoms with Gasteiger partial charge in [0.2, 0.25) is 5.78 Å². The second-order valence-corrected chi connectivity index (χ2v) is 4.79. The molecule has 0 amide bonds. The minimum atomic E-state index is -0.0853. The van der Waals surface area contributed by atoms with Crippen molar-refractivity contribution in [2.24, 2.45) is 0 Å². The second-order valence-electron chi connectivity index (χ2n) is 4.41. The molecule has 0 unspecified atom stereocenters. The number of aromatic nitrogens is 4. The normalized spacial score (nSPS) is 11.2. The fourth-order valence-corrected chi connectivity index (χ4v) is 2.52. The van der Waals surface area contributed by atoms with Gasteiger partial charge in [-0.25, -0.2) is 0 Å². The van der Waals surface area contributed by atoms with Crippen LogP contribution in [0.15, 0.2) is 41.7 Å². The number of benzene rings is 1. The first-order chi connectivity index (χ1) is 9.77. The highest BCUT2D eigenvalue weighted by atomic mass is 35.5. The van der Waals surface area contributed by atoms with Gasteiger partial charge in [0.1, 0.15) is 5.82 Å². The average molecular weight is 289 g/mol. The maximum atomic E-state index is 12.5. The third kappa shape index (κ3) is 1.82. The first-order valence-electron chi connectivity index (χ1n) is 6.30. The summed E-state index contributed by atoms with van der Waals surface area (Å²) in [5.41, 5.74) is 0.718. The van der Waals surface area contributed by atoms with E-state index in [1.54, 1.807) is 16.7 Å². The van der Waals surface area contributed by atoms with E-state index < -0.39 is 0 Å². The van der Waals surface area contributed by atoms with E-state index in [1.807, 2.05) is 22.6 Å². The predicted molar refractivity (Wildman–Crippen MR) is 79.4 cm³/mol. The van der Waals surface area contributed by atoms with Gasteiger partial charge in [0.15, 0.2) is 0 Å². The summed E-state index contributed by atoms with van der Waals surface area (Å²) < 4.78 is 3.46. The SMILES string of the molecule is C=CCn1c(=O)c2ccccc2n2c(CCCl)nnc12. The third-order valence-electron chi connectivity index (χ3n) is 3.20.